The number of ether oxygens (including phenoxy) is 1. The van der Waals surface area contributed by atoms with Crippen LogP contribution in [0.2, 0.25) is 0 Å². The van der Waals surface area contributed by atoms with Crippen molar-refractivity contribution in [2.75, 3.05) is 26.3 Å². The molecule has 17 heavy (non-hydrogen) atoms. The van der Waals surface area contributed by atoms with Gasteiger partial charge in [-0.2, -0.15) is 0 Å². The van der Waals surface area contributed by atoms with Gasteiger partial charge in [-0.3, -0.25) is 9.69 Å². The Labute approximate surface area is 102 Å². The summed E-state index contributed by atoms with van der Waals surface area (Å²) in [5.74, 6) is -0.751. The van der Waals surface area contributed by atoms with Crippen LogP contribution in [-0.2, 0) is 9.53 Å². The van der Waals surface area contributed by atoms with E-state index in [1.54, 1.807) is 0 Å². The molecule has 0 aromatic rings. The van der Waals surface area contributed by atoms with Crippen molar-refractivity contribution in [1.29, 1.82) is 0 Å². The largest absolute Gasteiger partial charge is 0.480 e. The topological polar surface area (TPSA) is 61.8 Å². The first kappa shape index (κ1) is 12.8. The van der Waals surface area contributed by atoms with E-state index >= 15 is 0 Å². The average Bonchev–Trinajstić information content (AvgIpc) is 3.03. The van der Waals surface area contributed by atoms with Crippen LogP contribution in [-0.4, -0.2) is 59.9 Å². The molecule has 1 unspecified atom stereocenters. The second-order valence-corrected chi connectivity index (χ2v) is 5.64. The zero-order chi connectivity index (χ0) is 12.5. The molecule has 1 saturated heterocycles. The van der Waals surface area contributed by atoms with Crippen molar-refractivity contribution in [2.45, 2.75) is 44.3 Å². The van der Waals surface area contributed by atoms with Gasteiger partial charge in [-0.15, -0.1) is 0 Å². The van der Waals surface area contributed by atoms with E-state index in [4.69, 9.17) is 4.74 Å². The summed E-state index contributed by atoms with van der Waals surface area (Å²) in [6.45, 7) is 6.93. The van der Waals surface area contributed by atoms with Crippen LogP contribution in [0.25, 0.3) is 0 Å². The highest BCUT2D eigenvalue weighted by Gasteiger charge is 2.35. The fourth-order valence-electron chi connectivity index (χ4n) is 2.19. The number of nitrogens with one attached hydrogen (secondary N) is 1. The zero-order valence-electron chi connectivity index (χ0n) is 10.6. The zero-order valence-corrected chi connectivity index (χ0v) is 10.6. The van der Waals surface area contributed by atoms with Gasteiger partial charge in [0, 0.05) is 24.7 Å². The lowest BCUT2D eigenvalue weighted by molar-refractivity contribution is -0.141. The van der Waals surface area contributed by atoms with Gasteiger partial charge >= 0.3 is 5.97 Å². The molecule has 0 radical (unpaired) electrons. The fraction of sp³-hybridized carbons (Fsp3) is 0.917. The highest BCUT2D eigenvalue weighted by Crippen LogP contribution is 2.22. The van der Waals surface area contributed by atoms with Gasteiger partial charge in [0.25, 0.3) is 0 Å². The van der Waals surface area contributed by atoms with Crippen molar-refractivity contribution in [1.82, 2.24) is 10.2 Å². The second-order valence-electron chi connectivity index (χ2n) is 5.64. The number of carbonyl (C=O) groups is 1. The van der Waals surface area contributed by atoms with E-state index in [2.05, 4.69) is 24.1 Å². The van der Waals surface area contributed by atoms with Crippen LogP contribution in [0.15, 0.2) is 0 Å². The molecule has 5 heteroatoms. The summed E-state index contributed by atoms with van der Waals surface area (Å²) in [4.78, 5) is 13.4. The highest BCUT2D eigenvalue weighted by atomic mass is 16.5. The van der Waals surface area contributed by atoms with E-state index in [1.165, 1.54) is 0 Å². The van der Waals surface area contributed by atoms with Gasteiger partial charge in [0.05, 0.1) is 13.2 Å². The van der Waals surface area contributed by atoms with Gasteiger partial charge in [-0.25, -0.2) is 0 Å². The second kappa shape index (κ2) is 4.92. The van der Waals surface area contributed by atoms with Gasteiger partial charge in [-0.05, 0) is 26.7 Å². The Balaban J connectivity index is 1.93. The fourth-order valence-corrected chi connectivity index (χ4v) is 2.19. The number of rotatable bonds is 5. The lowest BCUT2D eigenvalue weighted by atomic mass is 10.0. The molecular weight excluding hydrogens is 220 g/mol. The summed E-state index contributed by atoms with van der Waals surface area (Å²) < 4.78 is 5.44. The molecule has 2 N–H and O–H groups in total. The first-order valence-electron chi connectivity index (χ1n) is 6.31. The molecule has 2 fully saturated rings. The lowest BCUT2D eigenvalue weighted by Gasteiger charge is -2.43. The van der Waals surface area contributed by atoms with E-state index in [0.717, 1.165) is 19.4 Å². The quantitative estimate of drug-likeness (QED) is 0.726. The molecule has 0 aromatic carbocycles. The maximum absolute atomic E-state index is 11.2. The van der Waals surface area contributed by atoms with E-state index in [0.29, 0.717) is 25.8 Å². The van der Waals surface area contributed by atoms with Crippen molar-refractivity contribution in [2.24, 2.45) is 0 Å². The average molecular weight is 242 g/mol. The lowest BCUT2D eigenvalue weighted by Crippen LogP contribution is -2.58. The normalized spacial score (nSPS) is 26.7. The van der Waals surface area contributed by atoms with Crippen LogP contribution in [0.5, 0.6) is 0 Å². The number of hydrogen-bond acceptors (Lipinski definition) is 4. The summed E-state index contributed by atoms with van der Waals surface area (Å²) in [6, 6.07) is -0.0415. The molecule has 0 aromatic heterocycles. The predicted molar refractivity (Wildman–Crippen MR) is 64.1 cm³/mol. The van der Waals surface area contributed by atoms with Crippen LogP contribution in [0.1, 0.15) is 26.7 Å². The molecule has 0 bridgehead atoms. The Morgan fingerprint density at radius 1 is 1.59 bits per heavy atom. The summed E-state index contributed by atoms with van der Waals surface area (Å²) in [5, 5.41) is 12.4. The Kier molecular flexibility index (Phi) is 3.70. The summed E-state index contributed by atoms with van der Waals surface area (Å²) >= 11 is 0. The number of carboxylic acids is 1. The maximum Gasteiger partial charge on any atom is 0.322 e. The molecule has 1 saturated carbocycles. The number of morpholine rings is 1. The Hall–Kier alpha value is -0.650. The number of carboxylic acid groups (broad SMARTS) is 1. The van der Waals surface area contributed by atoms with E-state index in [9.17, 15) is 9.90 Å². The van der Waals surface area contributed by atoms with Gasteiger partial charge in [-0.1, -0.05) is 0 Å². The molecule has 5 nitrogen and oxygen atoms in total. The summed E-state index contributed by atoms with van der Waals surface area (Å²) in [5.41, 5.74) is -0.0722. The van der Waals surface area contributed by atoms with Gasteiger partial charge < -0.3 is 15.2 Å². The number of aliphatic carboxylic acids is 1. The van der Waals surface area contributed by atoms with Gasteiger partial charge in [0.1, 0.15) is 6.04 Å². The van der Waals surface area contributed by atoms with Gasteiger partial charge in [0.2, 0.25) is 0 Å². The smallest absolute Gasteiger partial charge is 0.322 e. The summed E-state index contributed by atoms with van der Waals surface area (Å²) in [6.07, 6.45) is 2.21. The Bertz CT molecular complexity index is 289. The first-order chi connectivity index (χ1) is 7.99. The Morgan fingerprint density at radius 2 is 2.29 bits per heavy atom. The van der Waals surface area contributed by atoms with Gasteiger partial charge in [0.15, 0.2) is 0 Å². The van der Waals surface area contributed by atoms with Crippen LogP contribution < -0.4 is 5.32 Å². The minimum atomic E-state index is -0.751. The molecule has 1 heterocycles. The molecule has 2 aliphatic rings. The molecule has 98 valence electrons. The third kappa shape index (κ3) is 3.40. The van der Waals surface area contributed by atoms with Crippen molar-refractivity contribution in [3.63, 3.8) is 0 Å². The third-order valence-electron chi connectivity index (χ3n) is 3.53. The molecule has 0 spiro atoms. The SMILES string of the molecule is CC1(C)COCCN1CC(NC1CC1)C(=O)O. The van der Waals surface area contributed by atoms with Crippen molar-refractivity contribution >= 4 is 5.97 Å². The molecule has 1 aliphatic heterocycles. The minimum absolute atomic E-state index is 0.0722. The summed E-state index contributed by atoms with van der Waals surface area (Å²) in [7, 11) is 0. The molecule has 1 aliphatic carbocycles. The van der Waals surface area contributed by atoms with Crippen molar-refractivity contribution < 1.29 is 14.6 Å². The molecule has 1 atom stereocenters. The third-order valence-corrected chi connectivity index (χ3v) is 3.53. The van der Waals surface area contributed by atoms with Crippen LogP contribution in [0, 0.1) is 0 Å². The van der Waals surface area contributed by atoms with E-state index in [1.807, 2.05) is 0 Å². The van der Waals surface area contributed by atoms with Crippen LogP contribution in [0.4, 0.5) is 0 Å². The minimum Gasteiger partial charge on any atom is -0.480 e. The predicted octanol–water partition coefficient (Wildman–Crippen LogP) is 0.302. The molecule has 0 amide bonds. The number of hydrogen-bond donors (Lipinski definition) is 2. The molecule has 2 rings (SSSR count). The van der Waals surface area contributed by atoms with Crippen LogP contribution in [0.3, 0.4) is 0 Å². The standard InChI is InChI=1S/C12H22N2O3/c1-12(2)8-17-6-5-14(12)7-10(11(15)16)13-9-3-4-9/h9-10,13H,3-8H2,1-2H3,(H,15,16). The Morgan fingerprint density at radius 3 is 2.82 bits per heavy atom. The highest BCUT2D eigenvalue weighted by molar-refractivity contribution is 5.73. The van der Waals surface area contributed by atoms with E-state index < -0.39 is 12.0 Å². The molecular formula is C12H22N2O3. The van der Waals surface area contributed by atoms with Crippen molar-refractivity contribution in [3.05, 3.63) is 0 Å². The van der Waals surface area contributed by atoms with Crippen LogP contribution >= 0.6 is 0 Å². The van der Waals surface area contributed by atoms with E-state index in [-0.39, 0.29) is 5.54 Å². The number of nitrogens with zero attached hydrogens (tertiary/aromatic N) is 1. The first-order valence-corrected chi connectivity index (χ1v) is 6.31. The monoisotopic (exact) mass is 242 g/mol. The van der Waals surface area contributed by atoms with Crippen molar-refractivity contribution in [3.8, 4) is 0 Å². The maximum atomic E-state index is 11.2.